The first-order valence-corrected chi connectivity index (χ1v) is 16.5. The van der Waals surface area contributed by atoms with E-state index in [0.717, 1.165) is 22.9 Å². The Balaban J connectivity index is 1.62. The first-order valence-electron chi connectivity index (χ1n) is 14.6. The van der Waals surface area contributed by atoms with Gasteiger partial charge in [-0.05, 0) is 67.4 Å². The van der Waals surface area contributed by atoms with Crippen molar-refractivity contribution in [2.24, 2.45) is 0 Å². The van der Waals surface area contributed by atoms with Crippen LogP contribution in [-0.4, -0.2) is 74.1 Å². The van der Waals surface area contributed by atoms with Gasteiger partial charge in [0.2, 0.25) is 10.0 Å². The van der Waals surface area contributed by atoms with Crippen LogP contribution in [0.1, 0.15) is 64.3 Å². The molecule has 0 aliphatic rings. The van der Waals surface area contributed by atoms with Crippen LogP contribution in [0.15, 0.2) is 66.9 Å². The van der Waals surface area contributed by atoms with Crippen molar-refractivity contribution in [3.05, 3.63) is 94.8 Å². The van der Waals surface area contributed by atoms with Gasteiger partial charge in [-0.25, -0.2) is 13.1 Å². The van der Waals surface area contributed by atoms with E-state index in [4.69, 9.17) is 4.74 Å². The Hall–Kier alpha value is -4.75. The Morgan fingerprint density at radius 3 is 2.28 bits per heavy atom. The van der Waals surface area contributed by atoms with Crippen molar-refractivity contribution >= 4 is 33.2 Å². The number of nitrogens with one attached hydrogen (secondary N) is 3. The van der Waals surface area contributed by atoms with Crippen LogP contribution in [0.5, 0.6) is 5.75 Å². The van der Waals surface area contributed by atoms with E-state index < -0.39 is 15.9 Å². The molecule has 3 N–H and O–H groups in total. The van der Waals surface area contributed by atoms with Crippen molar-refractivity contribution in [2.45, 2.75) is 39.2 Å². The second kappa shape index (κ2) is 13.7. The Morgan fingerprint density at radius 1 is 1.00 bits per heavy atom. The lowest BCUT2D eigenvalue weighted by molar-refractivity contribution is 0.0924. The van der Waals surface area contributed by atoms with Crippen LogP contribution in [0.2, 0.25) is 0 Å². The van der Waals surface area contributed by atoms with Crippen LogP contribution in [-0.2, 0) is 15.4 Å². The zero-order valence-corrected chi connectivity index (χ0v) is 28.2. The number of benzene rings is 3. The Kier molecular flexibility index (Phi) is 10.2. The first kappa shape index (κ1) is 34.1. The molecular weight excluding hydrogens is 606 g/mol. The standard InChI is InChI=1S/C33H41N7O5S/c1-21-14-15-23(31(41)34-25-17-24(33(2,3)4)18-26(30(25)45-7)37-46(8,43)44)16-29(21)40-20-28(36-38-40)32(42)35-27(19-39(5)6)22-12-10-9-11-13-22/h9-18,20,27,37H,19H2,1-8H3,(H,34,41)(H,35,42). The normalized spacial score (nSPS) is 12.5. The van der Waals surface area contributed by atoms with Crippen molar-refractivity contribution < 1.29 is 22.7 Å². The maximum absolute atomic E-state index is 13.6. The molecular formula is C33H41N7O5S. The number of hydrogen-bond acceptors (Lipinski definition) is 8. The van der Waals surface area contributed by atoms with Crippen LogP contribution < -0.4 is 20.1 Å². The van der Waals surface area contributed by atoms with Gasteiger partial charge in [-0.3, -0.25) is 14.3 Å². The summed E-state index contributed by atoms with van der Waals surface area (Å²) in [5.74, 6) is -0.657. The zero-order chi connectivity index (χ0) is 33.8. The van der Waals surface area contributed by atoms with Gasteiger partial charge in [0.25, 0.3) is 11.8 Å². The predicted molar refractivity (Wildman–Crippen MR) is 179 cm³/mol. The molecule has 0 bridgehead atoms. The number of methoxy groups -OCH3 is 1. The molecule has 0 aliphatic heterocycles. The highest BCUT2D eigenvalue weighted by atomic mass is 32.2. The summed E-state index contributed by atoms with van der Waals surface area (Å²) in [6.45, 7) is 8.39. The molecule has 1 aromatic heterocycles. The van der Waals surface area contributed by atoms with Crippen molar-refractivity contribution in [1.82, 2.24) is 25.2 Å². The van der Waals surface area contributed by atoms with Crippen molar-refractivity contribution in [3.63, 3.8) is 0 Å². The summed E-state index contributed by atoms with van der Waals surface area (Å²) in [4.78, 5) is 28.8. The van der Waals surface area contributed by atoms with E-state index in [2.05, 4.69) is 25.7 Å². The lowest BCUT2D eigenvalue weighted by Gasteiger charge is -2.24. The fourth-order valence-electron chi connectivity index (χ4n) is 4.84. The molecule has 0 fully saturated rings. The number of aromatic nitrogens is 3. The minimum absolute atomic E-state index is 0.128. The Labute approximate surface area is 270 Å². The molecule has 0 saturated carbocycles. The third-order valence-electron chi connectivity index (χ3n) is 7.20. The summed E-state index contributed by atoms with van der Waals surface area (Å²) in [7, 11) is 1.65. The van der Waals surface area contributed by atoms with E-state index in [-0.39, 0.29) is 34.5 Å². The maximum Gasteiger partial charge on any atom is 0.274 e. The van der Waals surface area contributed by atoms with Gasteiger partial charge in [-0.2, -0.15) is 0 Å². The molecule has 4 rings (SSSR count). The van der Waals surface area contributed by atoms with Crippen LogP contribution in [0, 0.1) is 6.92 Å². The smallest absolute Gasteiger partial charge is 0.274 e. The third-order valence-corrected chi connectivity index (χ3v) is 7.79. The molecule has 13 heteroatoms. The molecule has 0 radical (unpaired) electrons. The second-order valence-corrected chi connectivity index (χ2v) is 14.2. The molecule has 2 amide bonds. The van der Waals surface area contributed by atoms with Crippen LogP contribution in [0.3, 0.4) is 0 Å². The van der Waals surface area contributed by atoms with Crippen LogP contribution in [0.25, 0.3) is 5.69 Å². The van der Waals surface area contributed by atoms with Gasteiger partial charge >= 0.3 is 0 Å². The number of nitrogens with zero attached hydrogens (tertiary/aromatic N) is 4. The Bertz CT molecular complexity index is 1830. The highest BCUT2D eigenvalue weighted by molar-refractivity contribution is 7.92. The summed E-state index contributed by atoms with van der Waals surface area (Å²) in [6, 6.07) is 18.0. The van der Waals surface area contributed by atoms with E-state index in [1.165, 1.54) is 18.0 Å². The number of amides is 2. The number of likely N-dealkylation sites (N-methyl/N-ethyl adjacent to an activating group) is 1. The topological polar surface area (TPSA) is 148 Å². The van der Waals surface area contributed by atoms with Crippen LogP contribution in [0.4, 0.5) is 11.4 Å². The lowest BCUT2D eigenvalue weighted by atomic mass is 9.86. The van der Waals surface area contributed by atoms with E-state index in [0.29, 0.717) is 23.5 Å². The number of rotatable bonds is 11. The van der Waals surface area contributed by atoms with E-state index in [1.54, 1.807) is 30.3 Å². The maximum atomic E-state index is 13.6. The van der Waals surface area contributed by atoms with Crippen molar-refractivity contribution in [2.75, 3.05) is 44.0 Å². The van der Waals surface area contributed by atoms with Crippen molar-refractivity contribution in [3.8, 4) is 11.4 Å². The number of anilines is 2. The molecule has 46 heavy (non-hydrogen) atoms. The third kappa shape index (κ3) is 8.49. The summed E-state index contributed by atoms with van der Waals surface area (Å²) < 4.78 is 33.7. The van der Waals surface area contributed by atoms with E-state index in [9.17, 15) is 18.0 Å². The first-order chi connectivity index (χ1) is 21.6. The fraction of sp³-hybridized carbons (Fsp3) is 0.333. The van der Waals surface area contributed by atoms with Gasteiger partial charge < -0.3 is 20.3 Å². The molecule has 244 valence electrons. The molecule has 4 aromatic rings. The average molecular weight is 648 g/mol. The second-order valence-electron chi connectivity index (χ2n) is 12.4. The predicted octanol–water partition coefficient (Wildman–Crippen LogP) is 4.54. The monoisotopic (exact) mass is 647 g/mol. The Morgan fingerprint density at radius 2 is 1.67 bits per heavy atom. The number of aryl methyl sites for hydroxylation is 1. The minimum Gasteiger partial charge on any atom is -0.492 e. The molecule has 1 heterocycles. The average Bonchev–Trinajstić information content (AvgIpc) is 3.46. The lowest BCUT2D eigenvalue weighted by Crippen LogP contribution is -2.35. The van der Waals surface area contributed by atoms with Gasteiger partial charge in [0.1, 0.15) is 0 Å². The summed E-state index contributed by atoms with van der Waals surface area (Å²) in [5.41, 5.74) is 3.70. The van der Waals surface area contributed by atoms with E-state index >= 15 is 0 Å². The van der Waals surface area contributed by atoms with E-state index in [1.807, 2.05) is 77.0 Å². The zero-order valence-electron chi connectivity index (χ0n) is 27.4. The van der Waals surface area contributed by atoms with Crippen LogP contribution >= 0.6 is 0 Å². The quantitative estimate of drug-likeness (QED) is 0.215. The summed E-state index contributed by atoms with van der Waals surface area (Å²) in [6.07, 6.45) is 2.57. The molecule has 0 saturated heterocycles. The SMILES string of the molecule is COc1c(NC(=O)c2ccc(C)c(-n3cc(C(=O)NC(CN(C)C)c4ccccc4)nn3)c2)cc(C(C)(C)C)cc1NS(C)(=O)=O. The summed E-state index contributed by atoms with van der Waals surface area (Å²) >= 11 is 0. The molecule has 12 nitrogen and oxygen atoms in total. The number of carbonyl (C=O) groups excluding carboxylic acids is 2. The highest BCUT2D eigenvalue weighted by Crippen LogP contribution is 2.39. The van der Waals surface area contributed by atoms with Crippen molar-refractivity contribution in [1.29, 1.82) is 0 Å². The van der Waals surface area contributed by atoms with Gasteiger partial charge in [0, 0.05) is 12.1 Å². The largest absolute Gasteiger partial charge is 0.492 e. The fourth-order valence-corrected chi connectivity index (χ4v) is 5.40. The number of ether oxygens (including phenoxy) is 1. The summed E-state index contributed by atoms with van der Waals surface area (Å²) in [5, 5.41) is 14.2. The molecule has 0 aliphatic carbocycles. The number of sulfonamides is 1. The molecule has 3 aromatic carbocycles. The molecule has 0 spiro atoms. The van der Waals surface area contributed by atoms with Gasteiger partial charge in [0.15, 0.2) is 11.4 Å². The highest BCUT2D eigenvalue weighted by Gasteiger charge is 2.23. The number of hydrogen-bond donors (Lipinski definition) is 3. The molecule has 1 unspecified atom stereocenters. The van der Waals surface area contributed by atoms with Gasteiger partial charge in [0.05, 0.1) is 42.7 Å². The minimum atomic E-state index is -3.63. The number of carbonyl (C=O) groups is 2. The van der Waals surface area contributed by atoms with Gasteiger partial charge in [-0.15, -0.1) is 5.10 Å². The molecule has 1 atom stereocenters. The van der Waals surface area contributed by atoms with Gasteiger partial charge in [-0.1, -0.05) is 62.4 Å².